The van der Waals surface area contributed by atoms with Crippen molar-refractivity contribution in [2.45, 2.75) is 25.1 Å². The van der Waals surface area contributed by atoms with Gasteiger partial charge in [0.15, 0.2) is 0 Å². The Morgan fingerprint density at radius 1 is 1.38 bits per heavy atom. The summed E-state index contributed by atoms with van der Waals surface area (Å²) in [4.78, 5) is 10.4. The normalized spacial score (nSPS) is 12.7. The van der Waals surface area contributed by atoms with Crippen LogP contribution in [-0.4, -0.2) is 9.97 Å². The second kappa shape index (κ2) is 5.06. The van der Waals surface area contributed by atoms with E-state index < -0.39 is 0 Å². The van der Waals surface area contributed by atoms with E-state index in [1.165, 1.54) is 4.88 Å². The van der Waals surface area contributed by atoms with Gasteiger partial charge in [-0.1, -0.05) is 22.0 Å². The molecule has 0 aromatic carbocycles. The number of pyridine rings is 1. The van der Waals surface area contributed by atoms with E-state index in [4.69, 9.17) is 0 Å². The summed E-state index contributed by atoms with van der Waals surface area (Å²) in [6, 6.07) is 6.01. The molecule has 0 aliphatic heterocycles. The minimum atomic E-state index is 0.314. The summed E-state index contributed by atoms with van der Waals surface area (Å²) < 4.78 is 0. The molecular weight excluding hydrogens is 284 g/mol. The summed E-state index contributed by atoms with van der Waals surface area (Å²) >= 11 is 5.47. The predicted molar refractivity (Wildman–Crippen MR) is 71.2 cm³/mol. The van der Waals surface area contributed by atoms with E-state index in [-0.39, 0.29) is 0 Å². The third kappa shape index (κ3) is 2.68. The SMILES string of the molecule is Cc1nc(C)c(C(Br)Cc2ccccn2)s1. The summed E-state index contributed by atoms with van der Waals surface area (Å²) in [7, 11) is 0. The molecule has 0 saturated carbocycles. The van der Waals surface area contributed by atoms with Gasteiger partial charge in [-0.15, -0.1) is 11.3 Å². The Morgan fingerprint density at radius 2 is 2.19 bits per heavy atom. The van der Waals surface area contributed by atoms with Crippen molar-refractivity contribution in [3.05, 3.63) is 45.7 Å². The topological polar surface area (TPSA) is 25.8 Å². The molecule has 0 aliphatic rings. The first-order valence-electron chi connectivity index (χ1n) is 5.14. The maximum absolute atomic E-state index is 4.44. The predicted octanol–water partition coefficient (Wildman–Crippen LogP) is 3.83. The highest BCUT2D eigenvalue weighted by Crippen LogP contribution is 2.33. The number of halogens is 1. The van der Waals surface area contributed by atoms with Crippen molar-refractivity contribution >= 4 is 27.3 Å². The van der Waals surface area contributed by atoms with Crippen molar-refractivity contribution in [2.75, 3.05) is 0 Å². The Bertz CT molecular complexity index is 467. The lowest BCUT2D eigenvalue weighted by Gasteiger charge is -2.07. The summed E-state index contributed by atoms with van der Waals surface area (Å²) in [5.41, 5.74) is 2.23. The molecule has 4 heteroatoms. The van der Waals surface area contributed by atoms with Crippen molar-refractivity contribution < 1.29 is 0 Å². The van der Waals surface area contributed by atoms with E-state index in [9.17, 15) is 0 Å². The Kier molecular flexibility index (Phi) is 3.71. The first-order chi connectivity index (χ1) is 7.66. The van der Waals surface area contributed by atoms with E-state index in [0.717, 1.165) is 22.8 Å². The van der Waals surface area contributed by atoms with Gasteiger partial charge in [0.1, 0.15) is 0 Å². The van der Waals surface area contributed by atoms with Gasteiger partial charge in [-0.3, -0.25) is 4.98 Å². The van der Waals surface area contributed by atoms with Crippen LogP contribution in [-0.2, 0) is 6.42 Å². The zero-order valence-corrected chi connectivity index (χ0v) is 11.7. The molecule has 0 saturated heterocycles. The van der Waals surface area contributed by atoms with Gasteiger partial charge in [-0.05, 0) is 26.0 Å². The third-order valence-corrected chi connectivity index (χ3v) is 4.61. The molecule has 84 valence electrons. The highest BCUT2D eigenvalue weighted by Gasteiger charge is 2.15. The fraction of sp³-hybridized carbons (Fsp3) is 0.333. The number of aromatic nitrogens is 2. The first kappa shape index (κ1) is 11.7. The molecule has 2 heterocycles. The summed E-state index contributed by atoms with van der Waals surface area (Å²) in [6.45, 7) is 4.10. The van der Waals surface area contributed by atoms with Crippen LogP contribution < -0.4 is 0 Å². The number of hydrogen-bond donors (Lipinski definition) is 0. The number of alkyl halides is 1. The van der Waals surface area contributed by atoms with Crippen LogP contribution in [0.2, 0.25) is 0 Å². The molecular formula is C12H13BrN2S. The minimum absolute atomic E-state index is 0.314. The average molecular weight is 297 g/mol. The fourth-order valence-corrected chi connectivity index (χ4v) is 3.48. The molecule has 0 aliphatic carbocycles. The van der Waals surface area contributed by atoms with Crippen LogP contribution in [0.3, 0.4) is 0 Å². The number of hydrogen-bond acceptors (Lipinski definition) is 3. The van der Waals surface area contributed by atoms with Crippen molar-refractivity contribution in [1.29, 1.82) is 0 Å². The largest absolute Gasteiger partial charge is 0.261 e. The quantitative estimate of drug-likeness (QED) is 0.805. The highest BCUT2D eigenvalue weighted by atomic mass is 79.9. The Balaban J connectivity index is 2.14. The average Bonchev–Trinajstić information content (AvgIpc) is 2.59. The monoisotopic (exact) mass is 296 g/mol. The van der Waals surface area contributed by atoms with Gasteiger partial charge in [0.2, 0.25) is 0 Å². The lowest BCUT2D eigenvalue weighted by atomic mass is 10.2. The van der Waals surface area contributed by atoms with E-state index in [1.807, 2.05) is 25.3 Å². The van der Waals surface area contributed by atoms with Gasteiger partial charge in [0.05, 0.1) is 15.5 Å². The highest BCUT2D eigenvalue weighted by molar-refractivity contribution is 9.09. The lowest BCUT2D eigenvalue weighted by Crippen LogP contribution is -1.96. The number of thiazole rings is 1. The van der Waals surface area contributed by atoms with Gasteiger partial charge in [-0.25, -0.2) is 4.98 Å². The van der Waals surface area contributed by atoms with Crippen LogP contribution in [0.25, 0.3) is 0 Å². The molecule has 0 bridgehead atoms. The van der Waals surface area contributed by atoms with E-state index in [0.29, 0.717) is 4.83 Å². The molecule has 2 aromatic heterocycles. The van der Waals surface area contributed by atoms with Gasteiger partial charge in [0.25, 0.3) is 0 Å². The molecule has 0 amide bonds. The third-order valence-electron chi connectivity index (χ3n) is 2.34. The molecule has 0 fully saturated rings. The maximum Gasteiger partial charge on any atom is 0.0900 e. The zero-order chi connectivity index (χ0) is 11.5. The van der Waals surface area contributed by atoms with Crippen molar-refractivity contribution in [2.24, 2.45) is 0 Å². The first-order valence-corrected chi connectivity index (χ1v) is 6.88. The molecule has 0 N–H and O–H groups in total. The molecule has 0 spiro atoms. The smallest absolute Gasteiger partial charge is 0.0900 e. The molecule has 1 unspecified atom stereocenters. The minimum Gasteiger partial charge on any atom is -0.261 e. The zero-order valence-electron chi connectivity index (χ0n) is 9.27. The summed E-state index contributed by atoms with van der Waals surface area (Å²) in [6.07, 6.45) is 2.74. The second-order valence-electron chi connectivity index (χ2n) is 3.68. The van der Waals surface area contributed by atoms with E-state index in [2.05, 4.69) is 38.9 Å². The molecule has 2 rings (SSSR count). The van der Waals surface area contributed by atoms with Gasteiger partial charge >= 0.3 is 0 Å². The van der Waals surface area contributed by atoms with Crippen molar-refractivity contribution in [3.8, 4) is 0 Å². The van der Waals surface area contributed by atoms with Crippen LogP contribution >= 0.6 is 27.3 Å². The maximum atomic E-state index is 4.44. The molecule has 16 heavy (non-hydrogen) atoms. The van der Waals surface area contributed by atoms with Gasteiger partial charge in [-0.2, -0.15) is 0 Å². The van der Waals surface area contributed by atoms with Crippen molar-refractivity contribution in [3.63, 3.8) is 0 Å². The Labute approximate surface area is 108 Å². The standard InChI is InChI=1S/C12H13BrN2S/c1-8-12(16-9(2)15-8)11(13)7-10-5-3-4-6-14-10/h3-6,11H,7H2,1-2H3. The van der Waals surface area contributed by atoms with Gasteiger partial charge in [0, 0.05) is 23.2 Å². The Hall–Kier alpha value is -0.740. The molecule has 1 atom stereocenters. The van der Waals surface area contributed by atoms with Crippen LogP contribution in [0.15, 0.2) is 24.4 Å². The summed E-state index contributed by atoms with van der Waals surface area (Å²) in [5, 5.41) is 1.12. The van der Waals surface area contributed by atoms with Crippen LogP contribution in [0.1, 0.15) is 26.1 Å². The van der Waals surface area contributed by atoms with Gasteiger partial charge < -0.3 is 0 Å². The fourth-order valence-electron chi connectivity index (χ4n) is 1.63. The van der Waals surface area contributed by atoms with Crippen LogP contribution in [0.4, 0.5) is 0 Å². The number of rotatable bonds is 3. The number of nitrogens with zero attached hydrogens (tertiary/aromatic N) is 2. The van der Waals surface area contributed by atoms with E-state index >= 15 is 0 Å². The summed E-state index contributed by atoms with van der Waals surface area (Å²) in [5.74, 6) is 0. The van der Waals surface area contributed by atoms with E-state index in [1.54, 1.807) is 11.3 Å². The molecule has 2 nitrogen and oxygen atoms in total. The number of aryl methyl sites for hydroxylation is 2. The Morgan fingerprint density at radius 3 is 2.75 bits per heavy atom. The molecule has 2 aromatic rings. The van der Waals surface area contributed by atoms with Crippen LogP contribution in [0, 0.1) is 13.8 Å². The second-order valence-corrected chi connectivity index (χ2v) is 6.02. The lowest BCUT2D eigenvalue weighted by molar-refractivity contribution is 0.907. The molecule has 0 radical (unpaired) electrons. The van der Waals surface area contributed by atoms with Crippen LogP contribution in [0.5, 0.6) is 0 Å². The van der Waals surface area contributed by atoms with Crippen molar-refractivity contribution in [1.82, 2.24) is 9.97 Å².